The summed E-state index contributed by atoms with van der Waals surface area (Å²) in [6.07, 6.45) is 24.0. The van der Waals surface area contributed by atoms with Crippen LogP contribution in [0.5, 0.6) is 5.75 Å². The highest BCUT2D eigenvalue weighted by Gasteiger charge is 2.23. The van der Waals surface area contributed by atoms with E-state index in [2.05, 4.69) is 111 Å². The van der Waals surface area contributed by atoms with Crippen LogP contribution in [0.25, 0.3) is 72.1 Å². The van der Waals surface area contributed by atoms with E-state index in [4.69, 9.17) is 6.42 Å². The zero-order chi connectivity index (χ0) is 30.5. The predicted molar refractivity (Wildman–Crippen MR) is 193 cm³/mol. The lowest BCUT2D eigenvalue weighted by molar-refractivity contribution is 0.488. The van der Waals surface area contributed by atoms with Crippen LogP contribution in [0, 0.1) is 19.3 Å². The number of hydrogen-bond donors (Lipinski definition) is 1. The van der Waals surface area contributed by atoms with E-state index in [-0.39, 0.29) is 0 Å². The third-order valence-corrected chi connectivity index (χ3v) is 9.39. The first kappa shape index (κ1) is 27.8. The van der Waals surface area contributed by atoms with Crippen LogP contribution in [-0.4, -0.2) is 5.11 Å². The van der Waals surface area contributed by atoms with Crippen molar-refractivity contribution in [3.63, 3.8) is 0 Å². The van der Waals surface area contributed by atoms with E-state index in [1.165, 1.54) is 27.6 Å². The number of terminal acetylenes is 1. The monoisotopic (exact) mass is 568 g/mol. The molecular formula is C43H36O. The minimum absolute atomic E-state index is 0.337. The van der Waals surface area contributed by atoms with Crippen molar-refractivity contribution in [3.8, 4) is 18.1 Å². The SMILES string of the molecule is C#Cc1c(/C=C\C)cc2c3c(O)c4cc5/c(=C/C=C\C)ccc6c(cc(C)c5cc4c(CC)c3c3cccc1c23)CCC=C6. The van der Waals surface area contributed by atoms with Crippen molar-refractivity contribution in [2.45, 2.75) is 47.0 Å². The molecule has 1 aliphatic carbocycles. The molecule has 1 N–H and O–H groups in total. The average Bonchev–Trinajstić information content (AvgIpc) is 3.38. The molecule has 6 aromatic rings. The van der Waals surface area contributed by atoms with Gasteiger partial charge in [0.2, 0.25) is 0 Å². The molecule has 214 valence electrons. The predicted octanol–water partition coefficient (Wildman–Crippen LogP) is 10.6. The van der Waals surface area contributed by atoms with Gasteiger partial charge < -0.3 is 5.11 Å². The van der Waals surface area contributed by atoms with Crippen LogP contribution in [0.4, 0.5) is 0 Å². The molecule has 0 atom stereocenters. The van der Waals surface area contributed by atoms with Crippen molar-refractivity contribution in [1.29, 1.82) is 0 Å². The van der Waals surface area contributed by atoms with Crippen molar-refractivity contribution >= 4 is 72.1 Å². The summed E-state index contributed by atoms with van der Waals surface area (Å²) in [7, 11) is 0. The minimum atomic E-state index is 0.337. The van der Waals surface area contributed by atoms with Crippen molar-refractivity contribution in [1.82, 2.24) is 0 Å². The summed E-state index contributed by atoms with van der Waals surface area (Å²) >= 11 is 0. The van der Waals surface area contributed by atoms with Crippen LogP contribution in [0.3, 0.4) is 0 Å². The fraction of sp³-hybridized carbons (Fsp3) is 0.163. The maximum atomic E-state index is 12.3. The van der Waals surface area contributed by atoms with E-state index in [0.29, 0.717) is 5.75 Å². The summed E-state index contributed by atoms with van der Waals surface area (Å²) < 4.78 is 0. The Morgan fingerprint density at radius 3 is 2.43 bits per heavy atom. The summed E-state index contributed by atoms with van der Waals surface area (Å²) in [5, 5.41) is 24.2. The van der Waals surface area contributed by atoms with Gasteiger partial charge in [-0.1, -0.05) is 91.8 Å². The molecule has 0 fully saturated rings. The molecule has 0 aliphatic heterocycles. The van der Waals surface area contributed by atoms with E-state index in [1.807, 2.05) is 19.9 Å². The molecule has 0 saturated heterocycles. The molecule has 0 unspecified atom stereocenters. The summed E-state index contributed by atoms with van der Waals surface area (Å²) in [5.41, 5.74) is 7.04. The molecule has 6 aromatic carbocycles. The fourth-order valence-electron chi connectivity index (χ4n) is 7.43. The normalized spacial score (nSPS) is 13.8. The van der Waals surface area contributed by atoms with Gasteiger partial charge in [-0.05, 0) is 134 Å². The minimum Gasteiger partial charge on any atom is -0.507 e. The van der Waals surface area contributed by atoms with Gasteiger partial charge in [-0.2, -0.15) is 0 Å². The van der Waals surface area contributed by atoms with Crippen molar-refractivity contribution in [2.75, 3.05) is 0 Å². The number of phenols is 1. The zero-order valence-corrected chi connectivity index (χ0v) is 25.9. The van der Waals surface area contributed by atoms with Gasteiger partial charge in [-0.3, -0.25) is 0 Å². The zero-order valence-electron chi connectivity index (χ0n) is 25.9. The van der Waals surface area contributed by atoms with Gasteiger partial charge in [0.05, 0.1) is 0 Å². The Balaban J connectivity index is 1.75. The van der Waals surface area contributed by atoms with Gasteiger partial charge >= 0.3 is 0 Å². The number of allylic oxidation sites excluding steroid dienone is 4. The Labute approximate surface area is 259 Å². The van der Waals surface area contributed by atoms with Crippen LogP contribution in [-0.2, 0) is 12.8 Å². The highest BCUT2D eigenvalue weighted by Crippen LogP contribution is 2.49. The lowest BCUT2D eigenvalue weighted by Gasteiger charge is -2.13. The largest absolute Gasteiger partial charge is 0.507 e. The second kappa shape index (κ2) is 10.9. The van der Waals surface area contributed by atoms with Crippen LogP contribution in [0.15, 0.2) is 78.9 Å². The number of phenolic OH excluding ortho intramolecular Hbond substituents is 1. The Bertz CT molecular complexity index is 2410. The molecule has 0 amide bonds. The molecule has 1 nitrogen and oxygen atoms in total. The van der Waals surface area contributed by atoms with Gasteiger partial charge in [0.1, 0.15) is 5.75 Å². The highest BCUT2D eigenvalue weighted by molar-refractivity contribution is 6.36. The van der Waals surface area contributed by atoms with Gasteiger partial charge in [-0.15, -0.1) is 6.42 Å². The van der Waals surface area contributed by atoms with E-state index < -0.39 is 0 Å². The lowest BCUT2D eigenvalue weighted by atomic mass is 9.91. The Kier molecular flexibility index (Phi) is 6.87. The van der Waals surface area contributed by atoms with E-state index in [1.54, 1.807) is 0 Å². The Hall–Kier alpha value is -5.06. The van der Waals surface area contributed by atoms with Crippen molar-refractivity contribution in [2.24, 2.45) is 0 Å². The Morgan fingerprint density at radius 2 is 1.66 bits per heavy atom. The summed E-state index contributed by atoms with van der Waals surface area (Å²) in [5.74, 6) is 3.30. The number of aryl methyl sites for hydroxylation is 3. The van der Waals surface area contributed by atoms with Gasteiger partial charge in [-0.25, -0.2) is 0 Å². The molecule has 44 heavy (non-hydrogen) atoms. The van der Waals surface area contributed by atoms with Gasteiger partial charge in [0.15, 0.2) is 0 Å². The van der Waals surface area contributed by atoms with Crippen molar-refractivity contribution in [3.05, 3.63) is 118 Å². The number of fused-ring (bicyclic) bond motifs is 6. The topological polar surface area (TPSA) is 20.2 Å². The second-order valence-corrected chi connectivity index (χ2v) is 11.9. The molecule has 1 heteroatoms. The molecular weight excluding hydrogens is 532 g/mol. The number of aromatic hydroxyl groups is 1. The third kappa shape index (κ3) is 4.10. The lowest BCUT2D eigenvalue weighted by Crippen LogP contribution is -2.00. The summed E-state index contributed by atoms with van der Waals surface area (Å²) in [4.78, 5) is 0. The first-order chi connectivity index (χ1) is 21.5. The first-order valence-corrected chi connectivity index (χ1v) is 15.7. The summed E-state index contributed by atoms with van der Waals surface area (Å²) in [6, 6.07) is 20.0. The summed E-state index contributed by atoms with van der Waals surface area (Å²) in [6.45, 7) is 8.51. The molecule has 7 rings (SSSR count). The fourth-order valence-corrected chi connectivity index (χ4v) is 7.43. The highest BCUT2D eigenvalue weighted by atomic mass is 16.3. The van der Waals surface area contributed by atoms with Crippen LogP contribution in [0.1, 0.15) is 60.6 Å². The number of hydrogen-bond acceptors (Lipinski definition) is 1. The second-order valence-electron chi connectivity index (χ2n) is 11.9. The average molecular weight is 569 g/mol. The Morgan fingerprint density at radius 1 is 0.841 bits per heavy atom. The molecule has 1 aliphatic rings. The van der Waals surface area contributed by atoms with Crippen molar-refractivity contribution < 1.29 is 5.11 Å². The molecule has 0 heterocycles. The van der Waals surface area contributed by atoms with Gasteiger partial charge in [0.25, 0.3) is 0 Å². The van der Waals surface area contributed by atoms with E-state index in [0.717, 1.165) is 84.1 Å². The molecule has 0 saturated carbocycles. The smallest absolute Gasteiger partial charge is 0.131 e. The standard InChI is InChI=1S/C43H36O/c1-6-10-15-28-21-20-27-16-11-12-17-29(27)22-26(5)35-24-37-32(9-4)41-34-19-13-18-33-31(8-3)30(14-7-2)23-39(40(33)34)42(41)43(44)38(37)25-36(28)35/h3,6-7,10-11,13-16,18-25,44H,9,12,17H2,1-2,4-5H3/b10-6-,14-7-,21-20?,26-22?,28-15+. The first-order valence-electron chi connectivity index (χ1n) is 15.7. The third-order valence-electron chi connectivity index (χ3n) is 9.39. The number of benzene rings is 4. The molecule has 0 aromatic heterocycles. The molecule has 0 radical (unpaired) electrons. The van der Waals surface area contributed by atoms with Crippen LogP contribution >= 0.6 is 0 Å². The molecule has 0 spiro atoms. The maximum absolute atomic E-state index is 12.3. The quantitative estimate of drug-likeness (QED) is 0.211. The van der Waals surface area contributed by atoms with Crippen LogP contribution in [0.2, 0.25) is 0 Å². The maximum Gasteiger partial charge on any atom is 0.131 e. The number of rotatable bonds is 3. The van der Waals surface area contributed by atoms with Gasteiger partial charge in [0, 0.05) is 16.3 Å². The van der Waals surface area contributed by atoms with E-state index >= 15 is 0 Å². The van der Waals surface area contributed by atoms with Crippen LogP contribution < -0.4 is 5.22 Å². The van der Waals surface area contributed by atoms with E-state index in [9.17, 15) is 5.11 Å². The molecule has 0 bridgehead atoms.